The maximum absolute atomic E-state index is 13.7. The van der Waals surface area contributed by atoms with E-state index in [1.165, 1.54) is 6.07 Å². The zero-order valence-corrected chi connectivity index (χ0v) is 13.2. The number of amides is 1. The summed E-state index contributed by atoms with van der Waals surface area (Å²) in [7, 11) is 0. The van der Waals surface area contributed by atoms with Crippen LogP contribution in [-0.2, 0) is 11.3 Å². The van der Waals surface area contributed by atoms with Crippen LogP contribution >= 0.6 is 15.9 Å². The lowest BCUT2D eigenvalue weighted by atomic mass is 10.2. The van der Waals surface area contributed by atoms with Crippen LogP contribution in [0.2, 0.25) is 0 Å². The van der Waals surface area contributed by atoms with Gasteiger partial charge in [-0.2, -0.15) is 0 Å². The molecule has 0 aliphatic rings. The summed E-state index contributed by atoms with van der Waals surface area (Å²) < 4.78 is 14.5. The molecule has 0 aromatic heterocycles. The zero-order chi connectivity index (χ0) is 15.2. The Kier molecular flexibility index (Phi) is 5.33. The van der Waals surface area contributed by atoms with Crippen molar-refractivity contribution in [2.24, 2.45) is 0 Å². The summed E-state index contributed by atoms with van der Waals surface area (Å²) in [6.07, 6.45) is 0.431. The minimum Gasteiger partial charge on any atom is -0.381 e. The maximum atomic E-state index is 13.7. The summed E-state index contributed by atoms with van der Waals surface area (Å²) in [5.74, 6) is -0.286. The van der Waals surface area contributed by atoms with E-state index < -0.39 is 0 Å². The molecule has 5 heteroatoms. The van der Waals surface area contributed by atoms with Gasteiger partial charge in [0, 0.05) is 34.4 Å². The first-order valence-corrected chi connectivity index (χ1v) is 7.45. The molecule has 0 atom stereocenters. The molecule has 0 aliphatic carbocycles. The van der Waals surface area contributed by atoms with E-state index in [9.17, 15) is 9.18 Å². The summed E-state index contributed by atoms with van der Waals surface area (Å²) in [6, 6.07) is 12.2. The van der Waals surface area contributed by atoms with E-state index in [1.807, 2.05) is 24.3 Å². The van der Waals surface area contributed by atoms with E-state index >= 15 is 0 Å². The number of halogens is 2. The predicted molar refractivity (Wildman–Crippen MR) is 86.8 cm³/mol. The van der Waals surface area contributed by atoms with Crippen LogP contribution in [0.3, 0.4) is 0 Å². The number of carbonyl (C=O) groups is 1. The van der Waals surface area contributed by atoms with Crippen molar-refractivity contribution in [1.82, 2.24) is 0 Å². The molecule has 2 N–H and O–H groups in total. The number of hydrogen-bond donors (Lipinski definition) is 2. The number of anilines is 2. The van der Waals surface area contributed by atoms with Gasteiger partial charge in [-0.3, -0.25) is 4.79 Å². The molecular weight excluding hydrogens is 335 g/mol. The molecule has 0 unspecified atom stereocenters. The fourth-order valence-corrected chi connectivity index (χ4v) is 2.24. The van der Waals surface area contributed by atoms with Gasteiger partial charge in [0.15, 0.2) is 0 Å². The van der Waals surface area contributed by atoms with E-state index in [2.05, 4.69) is 26.6 Å². The number of nitrogens with one attached hydrogen (secondary N) is 2. The Balaban J connectivity index is 2.04. The standard InChI is InChI=1S/C16H16BrFN2O/c1-2-16(21)20-14-5-3-4-13(9-14)19-10-11-8-12(17)6-7-15(11)18/h3-9,19H,2,10H2,1H3,(H,20,21). The van der Waals surface area contributed by atoms with Crippen LogP contribution in [-0.4, -0.2) is 5.91 Å². The second-order valence-electron chi connectivity index (χ2n) is 4.57. The van der Waals surface area contributed by atoms with E-state index in [0.29, 0.717) is 18.5 Å². The first-order chi connectivity index (χ1) is 10.1. The van der Waals surface area contributed by atoms with Crippen molar-refractivity contribution in [2.75, 3.05) is 10.6 Å². The van der Waals surface area contributed by atoms with Crippen LogP contribution in [0.1, 0.15) is 18.9 Å². The molecule has 0 aliphatic heterocycles. The third kappa shape index (κ3) is 4.56. The first-order valence-electron chi connectivity index (χ1n) is 6.66. The molecule has 0 radical (unpaired) electrons. The average molecular weight is 351 g/mol. The minimum atomic E-state index is -0.249. The fourth-order valence-electron chi connectivity index (χ4n) is 1.83. The van der Waals surface area contributed by atoms with Crippen LogP contribution < -0.4 is 10.6 Å². The highest BCUT2D eigenvalue weighted by molar-refractivity contribution is 9.10. The van der Waals surface area contributed by atoms with Gasteiger partial charge in [-0.15, -0.1) is 0 Å². The Morgan fingerprint density at radius 3 is 2.71 bits per heavy atom. The number of rotatable bonds is 5. The largest absolute Gasteiger partial charge is 0.381 e. The van der Waals surface area contributed by atoms with Gasteiger partial charge in [0.05, 0.1) is 0 Å². The second-order valence-corrected chi connectivity index (χ2v) is 5.49. The summed E-state index contributed by atoms with van der Waals surface area (Å²) >= 11 is 3.33. The average Bonchev–Trinajstić information content (AvgIpc) is 2.48. The molecular formula is C16H16BrFN2O. The van der Waals surface area contributed by atoms with Crippen molar-refractivity contribution >= 4 is 33.2 Å². The van der Waals surface area contributed by atoms with Gasteiger partial charge in [0.1, 0.15) is 5.82 Å². The second kappa shape index (κ2) is 7.22. The smallest absolute Gasteiger partial charge is 0.224 e. The summed E-state index contributed by atoms with van der Waals surface area (Å²) in [5.41, 5.74) is 2.12. The quantitative estimate of drug-likeness (QED) is 0.830. The number of benzene rings is 2. The van der Waals surface area contributed by atoms with Gasteiger partial charge in [0.25, 0.3) is 0 Å². The zero-order valence-electron chi connectivity index (χ0n) is 11.6. The molecule has 0 fully saturated rings. The van der Waals surface area contributed by atoms with Crippen molar-refractivity contribution in [3.8, 4) is 0 Å². The summed E-state index contributed by atoms with van der Waals surface area (Å²) in [6.45, 7) is 2.17. The van der Waals surface area contributed by atoms with E-state index in [1.54, 1.807) is 19.1 Å². The molecule has 21 heavy (non-hydrogen) atoms. The van der Waals surface area contributed by atoms with E-state index in [0.717, 1.165) is 15.8 Å². The molecule has 2 rings (SSSR count). The molecule has 2 aromatic carbocycles. The molecule has 0 spiro atoms. The minimum absolute atomic E-state index is 0.0369. The van der Waals surface area contributed by atoms with Crippen molar-refractivity contribution in [3.63, 3.8) is 0 Å². The van der Waals surface area contributed by atoms with Crippen LogP contribution in [0.25, 0.3) is 0 Å². The molecule has 1 amide bonds. The fraction of sp³-hybridized carbons (Fsp3) is 0.188. The molecule has 0 saturated heterocycles. The predicted octanol–water partition coefficient (Wildman–Crippen LogP) is 4.55. The molecule has 3 nitrogen and oxygen atoms in total. The summed E-state index contributed by atoms with van der Waals surface area (Å²) in [5, 5.41) is 5.94. The molecule has 110 valence electrons. The Hall–Kier alpha value is -1.88. The van der Waals surface area contributed by atoms with Gasteiger partial charge in [-0.1, -0.05) is 28.9 Å². The first kappa shape index (κ1) is 15.5. The van der Waals surface area contributed by atoms with Crippen LogP contribution in [0, 0.1) is 5.82 Å². The third-order valence-electron chi connectivity index (χ3n) is 2.96. The summed E-state index contributed by atoms with van der Waals surface area (Å²) in [4.78, 5) is 11.4. The molecule has 0 bridgehead atoms. The lowest BCUT2D eigenvalue weighted by Gasteiger charge is -2.10. The highest BCUT2D eigenvalue weighted by Crippen LogP contribution is 2.19. The number of hydrogen-bond acceptors (Lipinski definition) is 2. The molecule has 2 aromatic rings. The van der Waals surface area contributed by atoms with E-state index in [-0.39, 0.29) is 11.7 Å². The van der Waals surface area contributed by atoms with Crippen LogP contribution in [0.4, 0.5) is 15.8 Å². The highest BCUT2D eigenvalue weighted by atomic mass is 79.9. The van der Waals surface area contributed by atoms with E-state index in [4.69, 9.17) is 0 Å². The Labute approximate surface area is 131 Å². The topological polar surface area (TPSA) is 41.1 Å². The van der Waals surface area contributed by atoms with Crippen molar-refractivity contribution in [3.05, 3.63) is 58.3 Å². The SMILES string of the molecule is CCC(=O)Nc1cccc(NCc2cc(Br)ccc2F)c1. The molecule has 0 saturated carbocycles. The van der Waals surface area contributed by atoms with Gasteiger partial charge < -0.3 is 10.6 Å². The normalized spacial score (nSPS) is 10.2. The third-order valence-corrected chi connectivity index (χ3v) is 3.45. The maximum Gasteiger partial charge on any atom is 0.224 e. The van der Waals surface area contributed by atoms with Crippen molar-refractivity contribution in [1.29, 1.82) is 0 Å². The van der Waals surface area contributed by atoms with Gasteiger partial charge in [-0.25, -0.2) is 4.39 Å². The Morgan fingerprint density at radius 2 is 1.95 bits per heavy atom. The van der Waals surface area contributed by atoms with Crippen molar-refractivity contribution < 1.29 is 9.18 Å². The van der Waals surface area contributed by atoms with Gasteiger partial charge in [-0.05, 0) is 36.4 Å². The van der Waals surface area contributed by atoms with Crippen LogP contribution in [0.15, 0.2) is 46.9 Å². The lowest BCUT2D eigenvalue weighted by molar-refractivity contribution is -0.115. The van der Waals surface area contributed by atoms with Crippen molar-refractivity contribution in [2.45, 2.75) is 19.9 Å². The lowest BCUT2D eigenvalue weighted by Crippen LogP contribution is -2.09. The Morgan fingerprint density at radius 1 is 1.19 bits per heavy atom. The highest BCUT2D eigenvalue weighted by Gasteiger charge is 2.04. The molecule has 0 heterocycles. The van der Waals surface area contributed by atoms with Crippen LogP contribution in [0.5, 0.6) is 0 Å². The number of carbonyl (C=O) groups excluding carboxylic acids is 1. The van der Waals surface area contributed by atoms with Gasteiger partial charge >= 0.3 is 0 Å². The Bertz CT molecular complexity index is 646. The monoisotopic (exact) mass is 350 g/mol. The van der Waals surface area contributed by atoms with Gasteiger partial charge in [0.2, 0.25) is 5.91 Å².